The maximum Gasteiger partial charge on any atom is 0.152 e. The summed E-state index contributed by atoms with van der Waals surface area (Å²) in [5.74, 6) is 0.929. The number of hydrogen-bond acceptors (Lipinski definition) is 2. The molecule has 0 aromatic heterocycles. The molecule has 0 amide bonds. The van der Waals surface area contributed by atoms with Gasteiger partial charge in [0.1, 0.15) is 0 Å². The van der Waals surface area contributed by atoms with Gasteiger partial charge in [0.05, 0.1) is 6.04 Å². The zero-order valence-corrected chi connectivity index (χ0v) is 8.46. The quantitative estimate of drug-likeness (QED) is 0.662. The van der Waals surface area contributed by atoms with Crippen molar-refractivity contribution in [3.05, 3.63) is 0 Å². The highest BCUT2D eigenvalue weighted by Crippen LogP contribution is 2.32. The van der Waals surface area contributed by atoms with Crippen molar-refractivity contribution in [2.24, 2.45) is 5.92 Å². The van der Waals surface area contributed by atoms with E-state index in [-0.39, 0.29) is 6.04 Å². The fourth-order valence-electron chi connectivity index (χ4n) is 2.19. The molecule has 1 heterocycles. The Morgan fingerprint density at radius 2 is 1.85 bits per heavy atom. The molecule has 2 heteroatoms. The minimum Gasteiger partial charge on any atom is -0.298 e. The van der Waals surface area contributed by atoms with Crippen molar-refractivity contribution in [2.45, 2.75) is 45.1 Å². The maximum atomic E-state index is 11.8. The minimum atomic E-state index is 0.202. The van der Waals surface area contributed by atoms with Crippen LogP contribution in [0.1, 0.15) is 39.0 Å². The van der Waals surface area contributed by atoms with E-state index in [0.29, 0.717) is 11.7 Å². The second kappa shape index (κ2) is 3.79. The molecule has 1 aliphatic heterocycles. The van der Waals surface area contributed by atoms with Gasteiger partial charge >= 0.3 is 0 Å². The van der Waals surface area contributed by atoms with Crippen LogP contribution in [0.5, 0.6) is 0 Å². The number of nitrogens with zero attached hydrogens (tertiary/aromatic N) is 1. The molecule has 0 N–H and O–H groups in total. The third-order valence-corrected chi connectivity index (χ3v) is 3.33. The predicted molar refractivity (Wildman–Crippen MR) is 52.6 cm³/mol. The van der Waals surface area contributed by atoms with Crippen LogP contribution in [-0.4, -0.2) is 29.8 Å². The summed E-state index contributed by atoms with van der Waals surface area (Å²) < 4.78 is 0. The zero-order chi connectivity index (χ0) is 9.26. The van der Waals surface area contributed by atoms with Crippen LogP contribution >= 0.6 is 0 Å². The number of hydrogen-bond donors (Lipinski definition) is 0. The lowest BCUT2D eigenvalue weighted by Gasteiger charge is -2.31. The highest BCUT2D eigenvalue weighted by atomic mass is 16.1. The molecule has 0 unspecified atom stereocenters. The summed E-state index contributed by atoms with van der Waals surface area (Å²) in [6.45, 7) is 4.37. The van der Waals surface area contributed by atoms with Crippen molar-refractivity contribution in [1.82, 2.24) is 4.90 Å². The number of piperidine rings is 1. The summed E-state index contributed by atoms with van der Waals surface area (Å²) in [7, 11) is 0. The Hall–Kier alpha value is -0.370. The van der Waals surface area contributed by atoms with Gasteiger partial charge in [-0.3, -0.25) is 9.69 Å². The molecule has 0 aromatic carbocycles. The molecule has 1 saturated carbocycles. The number of carbonyl (C=O) groups excluding carboxylic acids is 1. The molecular weight excluding hydrogens is 162 g/mol. The normalized spacial score (nSPS) is 27.2. The number of rotatable bonds is 3. The lowest BCUT2D eigenvalue weighted by Crippen LogP contribution is -2.42. The molecule has 13 heavy (non-hydrogen) atoms. The van der Waals surface area contributed by atoms with Gasteiger partial charge in [0.15, 0.2) is 5.78 Å². The second-order valence-electron chi connectivity index (χ2n) is 4.45. The Morgan fingerprint density at radius 3 is 2.38 bits per heavy atom. The van der Waals surface area contributed by atoms with Crippen LogP contribution in [0.25, 0.3) is 0 Å². The average Bonchev–Trinajstić information content (AvgIpc) is 3.00. The monoisotopic (exact) mass is 181 g/mol. The van der Waals surface area contributed by atoms with E-state index in [9.17, 15) is 4.79 Å². The smallest absolute Gasteiger partial charge is 0.152 e. The zero-order valence-electron chi connectivity index (χ0n) is 8.46. The van der Waals surface area contributed by atoms with Gasteiger partial charge in [-0.2, -0.15) is 0 Å². The number of ketones is 1. The lowest BCUT2D eigenvalue weighted by molar-refractivity contribution is -0.125. The van der Waals surface area contributed by atoms with Gasteiger partial charge in [-0.05, 0) is 45.7 Å². The minimum absolute atomic E-state index is 0.202. The van der Waals surface area contributed by atoms with Crippen molar-refractivity contribution in [1.29, 1.82) is 0 Å². The Morgan fingerprint density at radius 1 is 1.23 bits per heavy atom. The van der Waals surface area contributed by atoms with Crippen LogP contribution in [0.15, 0.2) is 0 Å². The summed E-state index contributed by atoms with van der Waals surface area (Å²) in [5.41, 5.74) is 0. The van der Waals surface area contributed by atoms with Gasteiger partial charge in [-0.1, -0.05) is 6.42 Å². The first-order valence-electron chi connectivity index (χ1n) is 5.57. The van der Waals surface area contributed by atoms with Crippen LogP contribution in [0, 0.1) is 5.92 Å². The third kappa shape index (κ3) is 2.11. The Balaban J connectivity index is 1.86. The maximum absolute atomic E-state index is 11.8. The lowest BCUT2D eigenvalue weighted by atomic mass is 10.0. The topological polar surface area (TPSA) is 20.3 Å². The Kier molecular flexibility index (Phi) is 2.68. The molecule has 74 valence electrons. The molecule has 0 aromatic rings. The Bertz CT molecular complexity index is 192. The SMILES string of the molecule is C[C@H](C(=O)C1CC1)N1CCCCC1. The summed E-state index contributed by atoms with van der Waals surface area (Å²) in [5, 5.41) is 0. The highest BCUT2D eigenvalue weighted by Gasteiger charge is 2.35. The first-order valence-corrected chi connectivity index (χ1v) is 5.57. The van der Waals surface area contributed by atoms with E-state index in [4.69, 9.17) is 0 Å². The average molecular weight is 181 g/mol. The third-order valence-electron chi connectivity index (χ3n) is 3.33. The molecule has 0 spiro atoms. The fraction of sp³-hybridized carbons (Fsp3) is 0.909. The van der Waals surface area contributed by atoms with Crippen LogP contribution < -0.4 is 0 Å². The van der Waals surface area contributed by atoms with E-state index < -0.39 is 0 Å². The first-order chi connectivity index (χ1) is 6.29. The van der Waals surface area contributed by atoms with Crippen LogP contribution in [0.3, 0.4) is 0 Å². The molecule has 1 aliphatic carbocycles. The molecule has 2 aliphatic rings. The number of likely N-dealkylation sites (tertiary alicyclic amines) is 1. The van der Waals surface area contributed by atoms with E-state index in [0.717, 1.165) is 25.9 Å². The van der Waals surface area contributed by atoms with Gasteiger partial charge < -0.3 is 0 Å². The molecule has 1 atom stereocenters. The molecule has 2 fully saturated rings. The van der Waals surface area contributed by atoms with E-state index in [1.54, 1.807) is 0 Å². The van der Waals surface area contributed by atoms with Crippen molar-refractivity contribution in [3.63, 3.8) is 0 Å². The summed E-state index contributed by atoms with van der Waals surface area (Å²) >= 11 is 0. The highest BCUT2D eigenvalue weighted by molar-refractivity contribution is 5.87. The number of Topliss-reactive ketones (excluding diaryl/α,β-unsaturated/α-hetero) is 1. The summed E-state index contributed by atoms with van der Waals surface area (Å²) in [6.07, 6.45) is 6.21. The summed E-state index contributed by atoms with van der Waals surface area (Å²) in [4.78, 5) is 14.1. The number of carbonyl (C=O) groups is 1. The predicted octanol–water partition coefficient (Wildman–Crippen LogP) is 1.84. The fourth-order valence-corrected chi connectivity index (χ4v) is 2.19. The molecular formula is C11H19NO. The standard InChI is InChI=1S/C11H19NO/c1-9(11(13)10-5-6-10)12-7-3-2-4-8-12/h9-10H,2-8H2,1H3/t9-/m1/s1. The van der Waals surface area contributed by atoms with E-state index in [1.807, 2.05) is 0 Å². The van der Waals surface area contributed by atoms with Gasteiger partial charge in [0.25, 0.3) is 0 Å². The molecule has 2 nitrogen and oxygen atoms in total. The van der Waals surface area contributed by atoms with Crippen molar-refractivity contribution >= 4 is 5.78 Å². The van der Waals surface area contributed by atoms with Crippen LogP contribution in [0.4, 0.5) is 0 Å². The van der Waals surface area contributed by atoms with E-state index in [2.05, 4.69) is 11.8 Å². The molecule has 2 rings (SSSR count). The summed E-state index contributed by atoms with van der Waals surface area (Å²) in [6, 6.07) is 0.202. The van der Waals surface area contributed by atoms with E-state index in [1.165, 1.54) is 19.3 Å². The molecule has 1 saturated heterocycles. The van der Waals surface area contributed by atoms with Crippen LogP contribution in [0.2, 0.25) is 0 Å². The second-order valence-corrected chi connectivity index (χ2v) is 4.45. The Labute approximate surface area is 80.3 Å². The largest absolute Gasteiger partial charge is 0.298 e. The van der Waals surface area contributed by atoms with Gasteiger partial charge in [-0.15, -0.1) is 0 Å². The van der Waals surface area contributed by atoms with Crippen LogP contribution in [-0.2, 0) is 4.79 Å². The first kappa shape index (κ1) is 9.20. The van der Waals surface area contributed by atoms with Crippen molar-refractivity contribution in [3.8, 4) is 0 Å². The van der Waals surface area contributed by atoms with Gasteiger partial charge in [0.2, 0.25) is 0 Å². The van der Waals surface area contributed by atoms with Crippen molar-refractivity contribution < 1.29 is 4.79 Å². The van der Waals surface area contributed by atoms with Crippen molar-refractivity contribution in [2.75, 3.05) is 13.1 Å². The van der Waals surface area contributed by atoms with Gasteiger partial charge in [0, 0.05) is 5.92 Å². The van der Waals surface area contributed by atoms with E-state index >= 15 is 0 Å². The molecule has 0 radical (unpaired) electrons. The van der Waals surface area contributed by atoms with Gasteiger partial charge in [-0.25, -0.2) is 0 Å². The molecule has 0 bridgehead atoms.